The van der Waals surface area contributed by atoms with E-state index in [1.54, 1.807) is 16.3 Å². The van der Waals surface area contributed by atoms with Crippen LogP contribution >= 0.6 is 11.6 Å². The van der Waals surface area contributed by atoms with Gasteiger partial charge in [0, 0.05) is 19.4 Å². The minimum Gasteiger partial charge on any atom is -0.379 e. The van der Waals surface area contributed by atoms with Gasteiger partial charge in [-0.25, -0.2) is 9.97 Å². The smallest absolute Gasteiger partial charge is 0.185 e. The minimum atomic E-state index is -1.15. The Morgan fingerprint density at radius 1 is 1.12 bits per heavy atom. The summed E-state index contributed by atoms with van der Waals surface area (Å²) in [5.74, 6) is 0. The zero-order valence-electron chi connectivity index (χ0n) is 14.3. The number of aliphatic hydroxyl groups is 1. The normalized spacial score (nSPS) is 13.8. The third-order valence-corrected chi connectivity index (χ3v) is 4.69. The summed E-state index contributed by atoms with van der Waals surface area (Å²) < 4.78 is 3.45. The van der Waals surface area contributed by atoms with Crippen molar-refractivity contribution in [2.45, 2.75) is 19.1 Å². The molecule has 3 heterocycles. The van der Waals surface area contributed by atoms with Gasteiger partial charge in [0.1, 0.15) is 17.1 Å². The maximum absolute atomic E-state index is 10.9. The van der Waals surface area contributed by atoms with Crippen LogP contribution in [0, 0.1) is 0 Å². The van der Waals surface area contributed by atoms with E-state index in [4.69, 9.17) is 11.6 Å². The summed E-state index contributed by atoms with van der Waals surface area (Å²) >= 11 is 6.06. The van der Waals surface area contributed by atoms with Gasteiger partial charge < -0.3 is 5.11 Å². The van der Waals surface area contributed by atoms with Crippen molar-refractivity contribution in [3.63, 3.8) is 0 Å². The lowest BCUT2D eigenvalue weighted by molar-refractivity contribution is 0.0967. The molecule has 1 atom stereocenters. The van der Waals surface area contributed by atoms with Crippen molar-refractivity contribution < 1.29 is 5.11 Å². The highest BCUT2D eigenvalue weighted by Gasteiger charge is 2.28. The second-order valence-corrected chi connectivity index (χ2v) is 6.73. The second kappa shape index (κ2) is 6.19. The molecule has 26 heavy (non-hydrogen) atoms. The van der Waals surface area contributed by atoms with E-state index >= 15 is 0 Å². The molecule has 132 valence electrons. The van der Waals surface area contributed by atoms with Crippen molar-refractivity contribution in [1.29, 1.82) is 0 Å². The molecule has 1 unspecified atom stereocenters. The third-order valence-electron chi connectivity index (χ3n) is 4.39. The van der Waals surface area contributed by atoms with Crippen molar-refractivity contribution in [2.75, 3.05) is 0 Å². The summed E-state index contributed by atoms with van der Waals surface area (Å²) in [5, 5.41) is 20.7. The molecule has 7 nitrogen and oxygen atoms in total. The Balaban J connectivity index is 1.58. The molecule has 0 spiro atoms. The Kier molecular flexibility index (Phi) is 3.97. The second-order valence-electron chi connectivity index (χ2n) is 6.37. The van der Waals surface area contributed by atoms with Crippen molar-refractivity contribution >= 4 is 22.6 Å². The van der Waals surface area contributed by atoms with Crippen molar-refractivity contribution in [3.8, 4) is 0 Å². The van der Waals surface area contributed by atoms with Crippen LogP contribution in [0.2, 0.25) is 5.15 Å². The highest BCUT2D eigenvalue weighted by molar-refractivity contribution is 6.33. The lowest BCUT2D eigenvalue weighted by atomic mass is 9.92. The summed E-state index contributed by atoms with van der Waals surface area (Å²) in [6.45, 7) is 2.31. The fraction of sp³-hybridized carbons (Fsp3) is 0.222. The standard InChI is InChI=1S/C18H17ClN6O/c1-18(26,15-7-8-24(2)22-15)13-5-3-12(4-6-13)9-25-10-14-16(19)20-11-21-17(14)23-25/h3-8,10-11,26H,9H2,1-2H3. The molecule has 1 aromatic carbocycles. The Hall–Kier alpha value is -2.77. The minimum absolute atomic E-state index is 0.392. The molecule has 0 amide bonds. The first kappa shape index (κ1) is 16.7. The van der Waals surface area contributed by atoms with Crippen LogP contribution in [0.25, 0.3) is 11.0 Å². The van der Waals surface area contributed by atoms with Gasteiger partial charge in [0.2, 0.25) is 0 Å². The van der Waals surface area contributed by atoms with E-state index in [1.807, 2.05) is 49.8 Å². The number of aromatic nitrogens is 6. The van der Waals surface area contributed by atoms with Crippen LogP contribution in [0.3, 0.4) is 0 Å². The van der Waals surface area contributed by atoms with Crippen LogP contribution in [0.1, 0.15) is 23.7 Å². The van der Waals surface area contributed by atoms with Gasteiger partial charge in [-0.3, -0.25) is 9.36 Å². The van der Waals surface area contributed by atoms with Crippen LogP contribution in [-0.2, 0) is 19.2 Å². The number of hydrogen-bond acceptors (Lipinski definition) is 5. The molecule has 3 aromatic heterocycles. The average molecular weight is 369 g/mol. The van der Waals surface area contributed by atoms with Crippen molar-refractivity contribution in [1.82, 2.24) is 29.5 Å². The molecular weight excluding hydrogens is 352 g/mol. The van der Waals surface area contributed by atoms with Gasteiger partial charge in [0.05, 0.1) is 17.6 Å². The van der Waals surface area contributed by atoms with Gasteiger partial charge in [-0.2, -0.15) is 10.2 Å². The van der Waals surface area contributed by atoms with E-state index in [1.165, 1.54) is 6.33 Å². The Bertz CT molecular complexity index is 1070. The molecule has 0 radical (unpaired) electrons. The summed E-state index contributed by atoms with van der Waals surface area (Å²) in [7, 11) is 1.83. The van der Waals surface area contributed by atoms with E-state index in [0.29, 0.717) is 23.0 Å². The van der Waals surface area contributed by atoms with Gasteiger partial charge in [-0.05, 0) is 24.1 Å². The number of rotatable bonds is 4. The van der Waals surface area contributed by atoms with E-state index < -0.39 is 5.60 Å². The highest BCUT2D eigenvalue weighted by Crippen LogP contribution is 2.28. The molecule has 0 bridgehead atoms. The Morgan fingerprint density at radius 2 is 1.88 bits per heavy atom. The van der Waals surface area contributed by atoms with Crippen LogP contribution in [0.5, 0.6) is 0 Å². The highest BCUT2D eigenvalue weighted by atomic mass is 35.5. The van der Waals surface area contributed by atoms with Crippen LogP contribution in [0.4, 0.5) is 0 Å². The van der Waals surface area contributed by atoms with Gasteiger partial charge in [0.15, 0.2) is 5.65 Å². The van der Waals surface area contributed by atoms with Gasteiger partial charge in [-0.1, -0.05) is 35.9 Å². The van der Waals surface area contributed by atoms with Gasteiger partial charge in [0.25, 0.3) is 0 Å². The molecule has 8 heteroatoms. The number of aryl methyl sites for hydroxylation is 1. The zero-order valence-corrected chi connectivity index (χ0v) is 15.1. The monoisotopic (exact) mass is 368 g/mol. The molecule has 0 saturated heterocycles. The number of benzene rings is 1. The average Bonchev–Trinajstić information content (AvgIpc) is 3.22. The van der Waals surface area contributed by atoms with Crippen LogP contribution in [-0.4, -0.2) is 34.6 Å². The first-order valence-corrected chi connectivity index (χ1v) is 8.47. The first-order valence-electron chi connectivity index (χ1n) is 8.09. The molecule has 0 aliphatic carbocycles. The summed E-state index contributed by atoms with van der Waals surface area (Å²) in [4.78, 5) is 8.08. The summed E-state index contributed by atoms with van der Waals surface area (Å²) in [5.41, 5.74) is 1.85. The fourth-order valence-electron chi connectivity index (χ4n) is 2.88. The first-order chi connectivity index (χ1) is 12.4. The molecule has 0 aliphatic rings. The fourth-order valence-corrected chi connectivity index (χ4v) is 3.06. The van der Waals surface area contributed by atoms with Gasteiger partial charge >= 0.3 is 0 Å². The molecule has 4 rings (SSSR count). The van der Waals surface area contributed by atoms with E-state index in [0.717, 1.165) is 16.5 Å². The third kappa shape index (κ3) is 2.95. The Labute approximate surface area is 154 Å². The topological polar surface area (TPSA) is 81.7 Å². The number of halogens is 1. The van der Waals surface area contributed by atoms with Crippen molar-refractivity contribution in [2.24, 2.45) is 7.05 Å². The maximum atomic E-state index is 10.9. The summed E-state index contributed by atoms with van der Waals surface area (Å²) in [6.07, 6.45) is 5.04. The predicted molar refractivity (Wildman–Crippen MR) is 97.8 cm³/mol. The number of fused-ring (bicyclic) bond motifs is 1. The van der Waals surface area contributed by atoms with Crippen LogP contribution in [0.15, 0.2) is 49.1 Å². The SMILES string of the molecule is Cn1ccc(C(C)(O)c2ccc(Cn3cc4c(Cl)ncnc4n3)cc2)n1. The number of nitrogens with zero attached hydrogens (tertiary/aromatic N) is 6. The molecule has 1 N–H and O–H groups in total. The predicted octanol–water partition coefficient (Wildman–Crippen LogP) is 2.52. The lowest BCUT2D eigenvalue weighted by Crippen LogP contribution is -2.23. The molecule has 0 saturated carbocycles. The largest absolute Gasteiger partial charge is 0.379 e. The Morgan fingerprint density at radius 3 is 2.54 bits per heavy atom. The maximum Gasteiger partial charge on any atom is 0.185 e. The van der Waals surface area contributed by atoms with Crippen LogP contribution < -0.4 is 0 Å². The lowest BCUT2D eigenvalue weighted by Gasteiger charge is -2.22. The quantitative estimate of drug-likeness (QED) is 0.560. The summed E-state index contributed by atoms with van der Waals surface area (Å²) in [6, 6.07) is 9.55. The molecule has 0 aliphatic heterocycles. The molecule has 0 fully saturated rings. The van der Waals surface area contributed by atoms with Crippen molar-refractivity contribution in [3.05, 3.63) is 71.0 Å². The number of hydrogen-bond donors (Lipinski definition) is 1. The van der Waals surface area contributed by atoms with E-state index in [9.17, 15) is 5.11 Å². The van der Waals surface area contributed by atoms with E-state index in [2.05, 4.69) is 20.2 Å². The molecular formula is C18H17ClN6O. The molecule has 4 aromatic rings. The van der Waals surface area contributed by atoms with Gasteiger partial charge in [-0.15, -0.1) is 0 Å². The van der Waals surface area contributed by atoms with E-state index in [-0.39, 0.29) is 0 Å². The zero-order chi connectivity index (χ0) is 18.3.